The SMILES string of the molecule is COc1cccc2c1OC(C(C)C)CC2. The van der Waals surface area contributed by atoms with E-state index in [1.807, 2.05) is 12.1 Å². The van der Waals surface area contributed by atoms with Crippen LogP contribution in [0.1, 0.15) is 25.8 Å². The summed E-state index contributed by atoms with van der Waals surface area (Å²) < 4.78 is 11.3. The molecule has 0 N–H and O–H groups in total. The first kappa shape index (κ1) is 10.3. The van der Waals surface area contributed by atoms with Crippen LogP contribution in [-0.2, 0) is 6.42 Å². The van der Waals surface area contributed by atoms with E-state index in [9.17, 15) is 0 Å². The Morgan fingerprint density at radius 1 is 1.40 bits per heavy atom. The lowest BCUT2D eigenvalue weighted by Gasteiger charge is -2.29. The summed E-state index contributed by atoms with van der Waals surface area (Å²) in [6.07, 6.45) is 2.53. The zero-order valence-electron chi connectivity index (χ0n) is 9.62. The minimum atomic E-state index is 0.328. The van der Waals surface area contributed by atoms with Gasteiger partial charge in [0.05, 0.1) is 7.11 Å². The summed E-state index contributed by atoms with van der Waals surface area (Å²) in [5.41, 5.74) is 1.27. The van der Waals surface area contributed by atoms with E-state index in [-0.39, 0.29) is 0 Å². The highest BCUT2D eigenvalue weighted by Crippen LogP contribution is 2.37. The molecule has 0 amide bonds. The number of benzene rings is 1. The van der Waals surface area contributed by atoms with Crippen LogP contribution in [0.5, 0.6) is 11.5 Å². The van der Waals surface area contributed by atoms with Crippen LogP contribution in [-0.4, -0.2) is 13.2 Å². The molecule has 0 aliphatic carbocycles. The molecule has 0 saturated heterocycles. The molecule has 1 aliphatic heterocycles. The molecule has 2 heteroatoms. The molecular weight excluding hydrogens is 188 g/mol. The van der Waals surface area contributed by atoms with E-state index in [2.05, 4.69) is 19.9 Å². The van der Waals surface area contributed by atoms with Crippen molar-refractivity contribution in [2.24, 2.45) is 5.92 Å². The molecule has 15 heavy (non-hydrogen) atoms. The summed E-state index contributed by atoms with van der Waals surface area (Å²) in [6, 6.07) is 6.10. The van der Waals surface area contributed by atoms with Gasteiger partial charge in [0, 0.05) is 0 Å². The predicted octanol–water partition coefficient (Wildman–Crippen LogP) is 3.04. The molecule has 0 saturated carbocycles. The van der Waals surface area contributed by atoms with Crippen molar-refractivity contribution in [2.75, 3.05) is 7.11 Å². The van der Waals surface area contributed by atoms with Gasteiger partial charge in [0.2, 0.25) is 0 Å². The lowest BCUT2D eigenvalue weighted by atomic mass is 9.95. The van der Waals surface area contributed by atoms with Crippen LogP contribution in [0.4, 0.5) is 0 Å². The summed E-state index contributed by atoms with van der Waals surface area (Å²) in [5.74, 6) is 2.37. The average Bonchev–Trinajstić information content (AvgIpc) is 2.27. The monoisotopic (exact) mass is 206 g/mol. The third-order valence-corrected chi connectivity index (χ3v) is 2.99. The van der Waals surface area contributed by atoms with Gasteiger partial charge in [-0.25, -0.2) is 0 Å². The van der Waals surface area contributed by atoms with E-state index in [1.54, 1.807) is 7.11 Å². The largest absolute Gasteiger partial charge is 0.493 e. The number of para-hydroxylation sites is 1. The first-order valence-corrected chi connectivity index (χ1v) is 5.55. The fourth-order valence-electron chi connectivity index (χ4n) is 2.03. The molecule has 0 fully saturated rings. The van der Waals surface area contributed by atoms with Crippen molar-refractivity contribution >= 4 is 0 Å². The summed E-state index contributed by atoms with van der Waals surface area (Å²) in [7, 11) is 1.69. The molecule has 0 bridgehead atoms. The molecule has 1 atom stereocenters. The van der Waals surface area contributed by atoms with Gasteiger partial charge in [-0.3, -0.25) is 0 Å². The van der Waals surface area contributed by atoms with E-state index in [0.29, 0.717) is 12.0 Å². The number of hydrogen-bond acceptors (Lipinski definition) is 2. The highest BCUT2D eigenvalue weighted by Gasteiger charge is 2.24. The quantitative estimate of drug-likeness (QED) is 0.740. The molecular formula is C13H18O2. The second kappa shape index (κ2) is 4.13. The van der Waals surface area contributed by atoms with Gasteiger partial charge in [0.25, 0.3) is 0 Å². The number of ether oxygens (including phenoxy) is 2. The van der Waals surface area contributed by atoms with Gasteiger partial charge >= 0.3 is 0 Å². The summed E-state index contributed by atoms with van der Waals surface area (Å²) in [5, 5.41) is 0. The van der Waals surface area contributed by atoms with Gasteiger partial charge in [-0.15, -0.1) is 0 Å². The Labute approximate surface area is 91.2 Å². The second-order valence-electron chi connectivity index (χ2n) is 4.39. The van der Waals surface area contributed by atoms with Crippen molar-refractivity contribution in [3.63, 3.8) is 0 Å². The van der Waals surface area contributed by atoms with Crippen LogP contribution < -0.4 is 9.47 Å². The fraction of sp³-hybridized carbons (Fsp3) is 0.538. The number of rotatable bonds is 2. The van der Waals surface area contributed by atoms with Gasteiger partial charge in [0.1, 0.15) is 6.10 Å². The van der Waals surface area contributed by atoms with Gasteiger partial charge in [-0.2, -0.15) is 0 Å². The van der Waals surface area contributed by atoms with Crippen LogP contribution in [0.2, 0.25) is 0 Å². The van der Waals surface area contributed by atoms with Crippen molar-refractivity contribution in [2.45, 2.75) is 32.8 Å². The van der Waals surface area contributed by atoms with Crippen LogP contribution in [0.3, 0.4) is 0 Å². The molecule has 1 aromatic rings. The van der Waals surface area contributed by atoms with Crippen LogP contribution >= 0.6 is 0 Å². The highest BCUT2D eigenvalue weighted by molar-refractivity contribution is 5.47. The minimum Gasteiger partial charge on any atom is -0.493 e. The Bertz CT molecular complexity index is 330. The standard InChI is InChI=1S/C13H18O2/c1-9(2)11-8-7-10-5-4-6-12(14-3)13(10)15-11/h4-6,9,11H,7-8H2,1-3H3. The first-order chi connectivity index (χ1) is 7.22. The maximum Gasteiger partial charge on any atom is 0.164 e. The van der Waals surface area contributed by atoms with Gasteiger partial charge in [-0.05, 0) is 30.4 Å². The van der Waals surface area contributed by atoms with E-state index in [1.165, 1.54) is 5.56 Å². The lowest BCUT2D eigenvalue weighted by molar-refractivity contribution is 0.122. The molecule has 0 spiro atoms. The van der Waals surface area contributed by atoms with E-state index >= 15 is 0 Å². The number of methoxy groups -OCH3 is 1. The van der Waals surface area contributed by atoms with Crippen molar-refractivity contribution in [3.05, 3.63) is 23.8 Å². The maximum absolute atomic E-state index is 5.99. The number of fused-ring (bicyclic) bond motifs is 1. The summed E-state index contributed by atoms with van der Waals surface area (Å²) in [6.45, 7) is 4.40. The Hall–Kier alpha value is -1.18. The minimum absolute atomic E-state index is 0.328. The summed E-state index contributed by atoms with van der Waals surface area (Å²) >= 11 is 0. The average molecular weight is 206 g/mol. The van der Waals surface area contributed by atoms with Crippen molar-refractivity contribution < 1.29 is 9.47 Å². The molecule has 1 unspecified atom stereocenters. The Morgan fingerprint density at radius 3 is 2.87 bits per heavy atom. The molecule has 1 aliphatic rings. The van der Waals surface area contributed by atoms with E-state index in [0.717, 1.165) is 24.3 Å². The van der Waals surface area contributed by atoms with Gasteiger partial charge < -0.3 is 9.47 Å². The summed E-state index contributed by atoms with van der Waals surface area (Å²) in [4.78, 5) is 0. The Balaban J connectivity index is 2.30. The molecule has 2 rings (SSSR count). The molecule has 2 nitrogen and oxygen atoms in total. The molecule has 82 valence electrons. The highest BCUT2D eigenvalue weighted by atomic mass is 16.5. The zero-order valence-corrected chi connectivity index (χ0v) is 9.62. The van der Waals surface area contributed by atoms with Gasteiger partial charge in [0.15, 0.2) is 11.5 Å². The third-order valence-electron chi connectivity index (χ3n) is 2.99. The maximum atomic E-state index is 5.99. The van der Waals surface area contributed by atoms with Gasteiger partial charge in [-0.1, -0.05) is 26.0 Å². The molecule has 1 heterocycles. The topological polar surface area (TPSA) is 18.5 Å². The van der Waals surface area contributed by atoms with Crippen LogP contribution in [0, 0.1) is 5.92 Å². The predicted molar refractivity (Wildman–Crippen MR) is 60.6 cm³/mol. The van der Waals surface area contributed by atoms with Crippen LogP contribution in [0.15, 0.2) is 18.2 Å². The zero-order chi connectivity index (χ0) is 10.8. The third kappa shape index (κ3) is 1.94. The van der Waals surface area contributed by atoms with Crippen molar-refractivity contribution in [1.29, 1.82) is 0 Å². The molecule has 1 aromatic carbocycles. The second-order valence-corrected chi connectivity index (χ2v) is 4.39. The molecule has 0 aromatic heterocycles. The van der Waals surface area contributed by atoms with E-state index < -0.39 is 0 Å². The normalized spacial score (nSPS) is 19.6. The Morgan fingerprint density at radius 2 is 2.20 bits per heavy atom. The fourth-order valence-corrected chi connectivity index (χ4v) is 2.03. The Kier molecular flexibility index (Phi) is 2.85. The molecule has 0 radical (unpaired) electrons. The first-order valence-electron chi connectivity index (χ1n) is 5.55. The number of hydrogen-bond donors (Lipinski definition) is 0. The van der Waals surface area contributed by atoms with E-state index in [4.69, 9.17) is 9.47 Å². The van der Waals surface area contributed by atoms with Crippen LogP contribution in [0.25, 0.3) is 0 Å². The van der Waals surface area contributed by atoms with Crippen molar-refractivity contribution in [1.82, 2.24) is 0 Å². The lowest BCUT2D eigenvalue weighted by Crippen LogP contribution is -2.27. The number of aryl methyl sites for hydroxylation is 1. The smallest absolute Gasteiger partial charge is 0.164 e. The van der Waals surface area contributed by atoms with Crippen molar-refractivity contribution in [3.8, 4) is 11.5 Å².